The lowest BCUT2D eigenvalue weighted by Gasteiger charge is -1.90. The summed E-state index contributed by atoms with van der Waals surface area (Å²) in [6, 6.07) is 0. The van der Waals surface area contributed by atoms with Gasteiger partial charge in [0.2, 0.25) is 0 Å². The van der Waals surface area contributed by atoms with Gasteiger partial charge in [0.25, 0.3) is 0 Å². The number of carbonyl (C=O) groups is 1. The van der Waals surface area contributed by atoms with Crippen LogP contribution in [0.4, 0.5) is 0 Å². The second-order valence-corrected chi connectivity index (χ2v) is 2.17. The number of Topliss-reactive ketones (excluding diaryl/α,β-unsaturated/α-hetero) is 1. The van der Waals surface area contributed by atoms with Crippen molar-refractivity contribution in [3.8, 4) is 0 Å². The summed E-state index contributed by atoms with van der Waals surface area (Å²) >= 11 is 0. The van der Waals surface area contributed by atoms with Gasteiger partial charge in [-0.2, -0.15) is 0 Å². The number of rotatable bonds is 1. The van der Waals surface area contributed by atoms with Crippen LogP contribution in [0.25, 0.3) is 0 Å². The van der Waals surface area contributed by atoms with Gasteiger partial charge in [-0.05, 0) is 27.2 Å². The molecule has 0 aromatic carbocycles. The Morgan fingerprint density at radius 2 is 1.67 bits per heavy atom. The van der Waals surface area contributed by atoms with E-state index >= 15 is 0 Å². The molecule has 0 aliphatic rings. The van der Waals surface area contributed by atoms with Crippen LogP contribution in [0, 0.1) is 0 Å². The van der Waals surface area contributed by atoms with E-state index in [1.165, 1.54) is 13.8 Å². The Morgan fingerprint density at radius 3 is 1.67 bits per heavy atom. The van der Waals surface area contributed by atoms with Crippen molar-refractivity contribution in [3.05, 3.63) is 0 Å². The molecule has 0 aromatic rings. The minimum atomic E-state index is -0.116. The Hall–Kier alpha value is -0.370. The maximum Gasteiger partial charge on any atom is 0.126 e. The van der Waals surface area contributed by atoms with Crippen LogP contribution < -0.4 is 0 Å². The summed E-state index contributed by atoms with van der Waals surface area (Å²) in [6.07, 6.45) is 0.745. The lowest BCUT2D eigenvalue weighted by molar-refractivity contribution is -0.114. The molecule has 0 saturated carbocycles. The molecule has 1 N–H and O–H groups in total. The average Bonchev–Trinajstić information content (AvgIpc) is 1.65. The molecule has 2 nitrogen and oxygen atoms in total. The van der Waals surface area contributed by atoms with Crippen LogP contribution >= 0.6 is 0 Å². The highest BCUT2D eigenvalue weighted by Gasteiger charge is 1.81. The van der Waals surface area contributed by atoms with Crippen LogP contribution in [0.1, 0.15) is 34.1 Å². The van der Waals surface area contributed by atoms with Crippen molar-refractivity contribution < 1.29 is 9.90 Å². The summed E-state index contributed by atoms with van der Waals surface area (Å²) in [5, 5.41) is 8.36. The minimum Gasteiger partial charge on any atom is -0.393 e. The lowest BCUT2D eigenvalue weighted by Crippen LogP contribution is -1.93. The first-order valence-corrected chi connectivity index (χ1v) is 3.16. The zero-order chi connectivity index (χ0) is 7.86. The molecular formula is C7H16O2. The van der Waals surface area contributed by atoms with E-state index in [4.69, 9.17) is 5.11 Å². The van der Waals surface area contributed by atoms with Gasteiger partial charge in [0.1, 0.15) is 5.78 Å². The normalized spacial score (nSPS) is 11.2. The molecule has 0 spiro atoms. The first-order valence-electron chi connectivity index (χ1n) is 3.16. The summed E-state index contributed by atoms with van der Waals surface area (Å²) in [5.74, 6) is 0.167. The molecule has 9 heavy (non-hydrogen) atoms. The average molecular weight is 132 g/mol. The van der Waals surface area contributed by atoms with E-state index in [0.29, 0.717) is 0 Å². The van der Waals surface area contributed by atoms with E-state index in [1.807, 2.05) is 6.92 Å². The molecule has 0 heterocycles. The van der Waals surface area contributed by atoms with Gasteiger partial charge < -0.3 is 9.90 Å². The van der Waals surface area contributed by atoms with E-state index in [1.54, 1.807) is 6.92 Å². The van der Waals surface area contributed by atoms with E-state index in [9.17, 15) is 4.79 Å². The van der Waals surface area contributed by atoms with E-state index < -0.39 is 0 Å². The second-order valence-electron chi connectivity index (χ2n) is 2.17. The van der Waals surface area contributed by atoms with E-state index in [0.717, 1.165) is 6.42 Å². The maximum atomic E-state index is 9.44. The fourth-order valence-electron chi connectivity index (χ4n) is 0. The maximum absolute atomic E-state index is 9.44. The molecule has 0 aromatic heterocycles. The third kappa shape index (κ3) is 91.0. The second kappa shape index (κ2) is 7.63. The molecule has 0 radical (unpaired) electrons. The van der Waals surface area contributed by atoms with Crippen LogP contribution in [0.3, 0.4) is 0 Å². The number of carbonyl (C=O) groups excluding carboxylic acids is 1. The van der Waals surface area contributed by atoms with Crippen LogP contribution in [0.2, 0.25) is 0 Å². The molecular weight excluding hydrogens is 116 g/mol. The smallest absolute Gasteiger partial charge is 0.126 e. The number of aliphatic hydroxyl groups excluding tert-OH is 1. The van der Waals surface area contributed by atoms with Crippen molar-refractivity contribution in [1.29, 1.82) is 0 Å². The van der Waals surface area contributed by atoms with Gasteiger partial charge in [-0.1, -0.05) is 6.92 Å². The first-order chi connectivity index (χ1) is 4.00. The van der Waals surface area contributed by atoms with Crippen LogP contribution in [0.15, 0.2) is 0 Å². The summed E-state index contributed by atoms with van der Waals surface area (Å²) < 4.78 is 0. The highest BCUT2D eigenvalue weighted by molar-refractivity contribution is 5.72. The molecule has 0 aliphatic heterocycles. The van der Waals surface area contributed by atoms with Crippen LogP contribution in [-0.2, 0) is 4.79 Å². The predicted molar refractivity (Wildman–Crippen MR) is 38.3 cm³/mol. The highest BCUT2D eigenvalue weighted by Crippen LogP contribution is 1.81. The van der Waals surface area contributed by atoms with E-state index in [-0.39, 0.29) is 11.9 Å². The van der Waals surface area contributed by atoms with Gasteiger partial charge >= 0.3 is 0 Å². The standard InChI is InChI=1S/C4H10O.C3H6O/c1-3-4(2)5;1-3(2)4/h4-5H,3H2,1-2H3;1-2H3. The third-order valence-electron chi connectivity index (χ3n) is 0.591. The zero-order valence-electron chi connectivity index (χ0n) is 6.64. The topological polar surface area (TPSA) is 37.3 Å². The molecule has 56 valence electrons. The monoisotopic (exact) mass is 132 g/mol. The number of hydrogen-bond acceptors (Lipinski definition) is 2. The summed E-state index contributed by atoms with van der Waals surface area (Å²) in [5.41, 5.74) is 0. The summed E-state index contributed by atoms with van der Waals surface area (Å²) in [4.78, 5) is 9.44. The quantitative estimate of drug-likeness (QED) is 0.585. The van der Waals surface area contributed by atoms with Gasteiger partial charge in [0.05, 0.1) is 6.10 Å². The Bertz CT molecular complexity index is 63.3. The molecule has 0 aliphatic carbocycles. The van der Waals surface area contributed by atoms with Crippen LogP contribution in [0.5, 0.6) is 0 Å². The molecule has 0 amide bonds. The van der Waals surface area contributed by atoms with Crippen molar-refractivity contribution in [2.45, 2.75) is 40.2 Å². The van der Waals surface area contributed by atoms with Crippen molar-refractivity contribution in [1.82, 2.24) is 0 Å². The van der Waals surface area contributed by atoms with Crippen molar-refractivity contribution >= 4 is 5.78 Å². The Morgan fingerprint density at radius 1 is 1.56 bits per heavy atom. The van der Waals surface area contributed by atoms with Crippen LogP contribution in [-0.4, -0.2) is 17.0 Å². The highest BCUT2D eigenvalue weighted by atomic mass is 16.3. The van der Waals surface area contributed by atoms with Gasteiger partial charge in [0.15, 0.2) is 0 Å². The molecule has 0 fully saturated rings. The van der Waals surface area contributed by atoms with Gasteiger partial charge in [-0.25, -0.2) is 0 Å². The van der Waals surface area contributed by atoms with Crippen molar-refractivity contribution in [2.24, 2.45) is 0 Å². The Balaban J connectivity index is 0. The van der Waals surface area contributed by atoms with Crippen molar-refractivity contribution in [2.75, 3.05) is 0 Å². The third-order valence-corrected chi connectivity index (χ3v) is 0.591. The van der Waals surface area contributed by atoms with Gasteiger partial charge in [0, 0.05) is 0 Å². The fraction of sp³-hybridized carbons (Fsp3) is 0.857. The number of aliphatic hydroxyl groups is 1. The molecule has 0 saturated heterocycles. The van der Waals surface area contributed by atoms with E-state index in [2.05, 4.69) is 0 Å². The van der Waals surface area contributed by atoms with Gasteiger partial charge in [-0.15, -0.1) is 0 Å². The molecule has 0 rings (SSSR count). The largest absolute Gasteiger partial charge is 0.393 e. The first kappa shape index (κ1) is 11.4. The number of hydrogen-bond donors (Lipinski definition) is 1. The van der Waals surface area contributed by atoms with Crippen molar-refractivity contribution in [3.63, 3.8) is 0 Å². The number of ketones is 1. The molecule has 2 heteroatoms. The molecule has 1 atom stereocenters. The SMILES string of the molecule is CC(C)=O.CCC(C)O. The van der Waals surface area contributed by atoms with Gasteiger partial charge in [-0.3, -0.25) is 0 Å². The molecule has 1 unspecified atom stereocenters. The fourth-order valence-corrected chi connectivity index (χ4v) is 0. The Kier molecular flexibility index (Phi) is 9.69. The Labute approximate surface area is 56.9 Å². The zero-order valence-corrected chi connectivity index (χ0v) is 6.64. The summed E-state index contributed by atoms with van der Waals surface area (Å²) in [7, 11) is 0. The minimum absolute atomic E-state index is 0.116. The molecule has 0 bridgehead atoms. The lowest BCUT2D eigenvalue weighted by atomic mass is 10.3. The predicted octanol–water partition coefficient (Wildman–Crippen LogP) is 1.37. The summed E-state index contributed by atoms with van der Waals surface area (Å²) in [6.45, 7) is 6.78.